The van der Waals surface area contributed by atoms with E-state index in [9.17, 15) is 5.11 Å². The number of aliphatic hydroxyl groups excluding tert-OH is 1. The van der Waals surface area contributed by atoms with Crippen LogP contribution in [0.15, 0.2) is 6.07 Å². The van der Waals surface area contributed by atoms with E-state index in [2.05, 4.69) is 25.8 Å². The van der Waals surface area contributed by atoms with E-state index in [1.54, 1.807) is 0 Å². The quantitative estimate of drug-likeness (QED) is 0.783. The van der Waals surface area contributed by atoms with Crippen LogP contribution in [0.2, 0.25) is 0 Å². The van der Waals surface area contributed by atoms with E-state index in [1.807, 2.05) is 6.92 Å². The highest BCUT2D eigenvalue weighted by atomic mass is 16.5. The lowest BCUT2D eigenvalue weighted by Crippen LogP contribution is -2.54. The van der Waals surface area contributed by atoms with Crippen LogP contribution in [-0.4, -0.2) is 97.8 Å². The van der Waals surface area contributed by atoms with E-state index < -0.39 is 0 Å². The molecule has 4 rings (SSSR count). The minimum atomic E-state index is -0.366. The molecule has 0 saturated carbocycles. The van der Waals surface area contributed by atoms with Crippen LogP contribution in [-0.2, 0) is 9.47 Å². The number of hydrogen-bond acceptors (Lipinski definition) is 8. The van der Waals surface area contributed by atoms with Crippen molar-refractivity contribution in [2.24, 2.45) is 0 Å². The topological polar surface area (TPSA) is 74.2 Å². The molecule has 0 aromatic carbocycles. The van der Waals surface area contributed by atoms with Gasteiger partial charge in [-0.05, 0) is 6.92 Å². The van der Waals surface area contributed by atoms with Crippen LogP contribution in [0.1, 0.15) is 5.69 Å². The van der Waals surface area contributed by atoms with Crippen molar-refractivity contribution in [1.82, 2.24) is 14.9 Å². The number of piperazine rings is 1. The number of anilines is 2. The molecule has 2 unspecified atom stereocenters. The maximum Gasteiger partial charge on any atom is 0.227 e. The van der Waals surface area contributed by atoms with Gasteiger partial charge in [0.1, 0.15) is 5.82 Å². The Kier molecular flexibility index (Phi) is 5.03. The molecule has 3 fully saturated rings. The summed E-state index contributed by atoms with van der Waals surface area (Å²) in [6.45, 7) is 9.91. The number of ether oxygens (including phenoxy) is 2. The first-order valence-electron chi connectivity index (χ1n) is 9.14. The van der Waals surface area contributed by atoms with Crippen molar-refractivity contribution in [2.75, 3.05) is 75.5 Å². The van der Waals surface area contributed by atoms with Crippen LogP contribution in [0, 0.1) is 6.92 Å². The van der Waals surface area contributed by atoms with Gasteiger partial charge in [-0.2, -0.15) is 4.98 Å². The van der Waals surface area contributed by atoms with E-state index in [-0.39, 0.29) is 12.1 Å². The lowest BCUT2D eigenvalue weighted by Gasteiger charge is -2.38. The molecule has 1 aromatic rings. The van der Waals surface area contributed by atoms with Crippen molar-refractivity contribution >= 4 is 11.8 Å². The molecule has 8 nitrogen and oxygen atoms in total. The molecular formula is C17H27N5O3. The summed E-state index contributed by atoms with van der Waals surface area (Å²) >= 11 is 0. The molecule has 25 heavy (non-hydrogen) atoms. The normalized spacial score (nSPS) is 28.6. The first-order valence-corrected chi connectivity index (χ1v) is 9.14. The molecule has 8 heteroatoms. The fraction of sp³-hybridized carbons (Fsp3) is 0.765. The van der Waals surface area contributed by atoms with Gasteiger partial charge in [-0.25, -0.2) is 4.98 Å². The second-order valence-corrected chi connectivity index (χ2v) is 6.96. The fourth-order valence-electron chi connectivity index (χ4n) is 3.77. The molecule has 3 aliphatic rings. The highest BCUT2D eigenvalue weighted by molar-refractivity contribution is 5.46. The highest BCUT2D eigenvalue weighted by Crippen LogP contribution is 2.21. The number of nitrogens with zero attached hydrogens (tertiary/aromatic N) is 5. The predicted octanol–water partition coefficient (Wildman–Crippen LogP) is -0.497. The molecule has 3 saturated heterocycles. The number of aryl methyl sites for hydroxylation is 1. The molecule has 138 valence electrons. The molecule has 0 amide bonds. The molecule has 3 aliphatic heterocycles. The Morgan fingerprint density at radius 1 is 0.960 bits per heavy atom. The molecule has 0 radical (unpaired) electrons. The number of aromatic nitrogens is 2. The van der Waals surface area contributed by atoms with Crippen molar-refractivity contribution in [3.05, 3.63) is 11.8 Å². The Morgan fingerprint density at radius 2 is 1.72 bits per heavy atom. The van der Waals surface area contributed by atoms with Crippen molar-refractivity contribution in [3.8, 4) is 0 Å². The first-order chi connectivity index (χ1) is 12.2. The van der Waals surface area contributed by atoms with E-state index >= 15 is 0 Å². The van der Waals surface area contributed by atoms with Crippen LogP contribution in [0.3, 0.4) is 0 Å². The largest absolute Gasteiger partial charge is 0.389 e. The fourth-order valence-corrected chi connectivity index (χ4v) is 3.77. The molecule has 2 atom stereocenters. The summed E-state index contributed by atoms with van der Waals surface area (Å²) in [5, 5.41) is 10.0. The zero-order valence-electron chi connectivity index (χ0n) is 14.8. The van der Waals surface area contributed by atoms with Crippen LogP contribution in [0.4, 0.5) is 11.8 Å². The average Bonchev–Trinajstić information content (AvgIpc) is 3.08. The minimum Gasteiger partial charge on any atom is -0.389 e. The van der Waals surface area contributed by atoms with E-state index in [0.717, 1.165) is 69.9 Å². The predicted molar refractivity (Wildman–Crippen MR) is 94.2 cm³/mol. The smallest absolute Gasteiger partial charge is 0.227 e. The Morgan fingerprint density at radius 3 is 2.40 bits per heavy atom. The summed E-state index contributed by atoms with van der Waals surface area (Å²) in [5.74, 6) is 1.80. The van der Waals surface area contributed by atoms with Gasteiger partial charge in [-0.3, -0.25) is 4.90 Å². The zero-order chi connectivity index (χ0) is 17.2. The molecule has 1 aromatic heterocycles. The van der Waals surface area contributed by atoms with Crippen LogP contribution in [0.25, 0.3) is 0 Å². The summed E-state index contributed by atoms with van der Waals surface area (Å²) in [5.41, 5.74) is 0.994. The van der Waals surface area contributed by atoms with Crippen molar-refractivity contribution in [3.63, 3.8) is 0 Å². The average molecular weight is 349 g/mol. The minimum absolute atomic E-state index is 0.129. The van der Waals surface area contributed by atoms with Gasteiger partial charge < -0.3 is 24.4 Å². The maximum atomic E-state index is 10.0. The molecular weight excluding hydrogens is 322 g/mol. The Hall–Kier alpha value is -1.48. The van der Waals surface area contributed by atoms with Crippen LogP contribution in [0.5, 0.6) is 0 Å². The second-order valence-electron chi connectivity index (χ2n) is 6.96. The number of rotatable bonds is 3. The maximum absolute atomic E-state index is 10.0. The summed E-state index contributed by atoms with van der Waals surface area (Å²) in [6.07, 6.45) is -0.366. The third-order valence-electron chi connectivity index (χ3n) is 5.25. The lowest BCUT2D eigenvalue weighted by atomic mass is 10.1. The number of aliphatic hydroxyl groups is 1. The molecule has 0 bridgehead atoms. The number of hydrogen-bond donors (Lipinski definition) is 1. The van der Waals surface area contributed by atoms with Gasteiger partial charge in [0.2, 0.25) is 5.95 Å². The third-order valence-corrected chi connectivity index (χ3v) is 5.25. The summed E-state index contributed by atoms with van der Waals surface area (Å²) in [7, 11) is 0. The standard InChI is InChI=1S/C17H27N5O3/c1-13-10-16(21-6-8-24-9-7-21)19-17(18-13)22-4-2-20(3-5-22)14-11-25-12-15(14)23/h10,14-15,23H,2-9,11-12H2,1H3. The molecule has 0 aliphatic carbocycles. The Bertz CT molecular complexity index is 588. The van der Waals surface area contributed by atoms with Crippen molar-refractivity contribution in [1.29, 1.82) is 0 Å². The summed E-state index contributed by atoms with van der Waals surface area (Å²) in [6, 6.07) is 2.18. The summed E-state index contributed by atoms with van der Waals surface area (Å²) in [4.78, 5) is 16.3. The van der Waals surface area contributed by atoms with Gasteiger partial charge in [0, 0.05) is 51.0 Å². The van der Waals surface area contributed by atoms with E-state index in [1.165, 1.54) is 0 Å². The SMILES string of the molecule is Cc1cc(N2CCOCC2)nc(N2CCN(C3COCC3O)CC2)n1. The van der Waals surface area contributed by atoms with Gasteiger partial charge in [0.05, 0.1) is 38.6 Å². The third kappa shape index (κ3) is 3.72. The Balaban J connectivity index is 1.43. The van der Waals surface area contributed by atoms with Crippen molar-refractivity contribution < 1.29 is 14.6 Å². The monoisotopic (exact) mass is 349 g/mol. The molecule has 1 N–H and O–H groups in total. The molecule has 0 spiro atoms. The van der Waals surface area contributed by atoms with Gasteiger partial charge in [0.25, 0.3) is 0 Å². The van der Waals surface area contributed by atoms with Gasteiger partial charge >= 0.3 is 0 Å². The van der Waals surface area contributed by atoms with Crippen molar-refractivity contribution in [2.45, 2.75) is 19.1 Å². The highest BCUT2D eigenvalue weighted by Gasteiger charge is 2.34. The van der Waals surface area contributed by atoms with Gasteiger partial charge in [0.15, 0.2) is 0 Å². The van der Waals surface area contributed by atoms with Crippen LogP contribution >= 0.6 is 0 Å². The summed E-state index contributed by atoms with van der Waals surface area (Å²) < 4.78 is 10.8. The lowest BCUT2D eigenvalue weighted by molar-refractivity contribution is 0.0783. The zero-order valence-corrected chi connectivity index (χ0v) is 14.8. The van der Waals surface area contributed by atoms with Crippen LogP contribution < -0.4 is 9.80 Å². The van der Waals surface area contributed by atoms with Gasteiger partial charge in [-0.1, -0.05) is 0 Å². The van der Waals surface area contributed by atoms with E-state index in [0.29, 0.717) is 13.2 Å². The molecule has 4 heterocycles. The second kappa shape index (κ2) is 7.41. The van der Waals surface area contributed by atoms with Gasteiger partial charge in [-0.15, -0.1) is 0 Å². The van der Waals surface area contributed by atoms with E-state index in [4.69, 9.17) is 14.5 Å². The Labute approximate surface area is 148 Å². The first kappa shape index (κ1) is 17.0. The number of morpholine rings is 1.